The summed E-state index contributed by atoms with van der Waals surface area (Å²) in [6.07, 6.45) is 1.31. The first-order valence-electron chi connectivity index (χ1n) is 3.84. The standard InChI is InChI=1S/C7H12N2O2/c1-2-8-7(11)9-5-3-4-6(9)10/h2-5H2,1H3,(H,8,11). The van der Waals surface area contributed by atoms with Gasteiger partial charge in [0.2, 0.25) is 5.91 Å². The van der Waals surface area contributed by atoms with Crippen molar-refractivity contribution in [2.45, 2.75) is 19.8 Å². The number of carbonyl (C=O) groups excluding carboxylic acids is 2. The zero-order chi connectivity index (χ0) is 8.27. The molecule has 0 unspecified atom stereocenters. The average molecular weight is 156 g/mol. The number of rotatable bonds is 1. The number of likely N-dealkylation sites (tertiary alicyclic amines) is 1. The third kappa shape index (κ3) is 1.69. The zero-order valence-electron chi connectivity index (χ0n) is 6.59. The number of nitrogens with zero attached hydrogens (tertiary/aromatic N) is 1. The number of hydrogen-bond donors (Lipinski definition) is 1. The normalized spacial score (nSPS) is 17.2. The van der Waals surface area contributed by atoms with Crippen LogP contribution in [0.25, 0.3) is 0 Å². The van der Waals surface area contributed by atoms with Crippen LogP contribution in [0.1, 0.15) is 19.8 Å². The molecule has 0 saturated carbocycles. The van der Waals surface area contributed by atoms with E-state index in [9.17, 15) is 9.59 Å². The molecule has 1 fully saturated rings. The fraction of sp³-hybridized carbons (Fsp3) is 0.714. The molecule has 0 atom stereocenters. The maximum absolute atomic E-state index is 11.0. The van der Waals surface area contributed by atoms with Crippen molar-refractivity contribution >= 4 is 11.9 Å². The van der Waals surface area contributed by atoms with Crippen LogP contribution in [0, 0.1) is 0 Å². The van der Waals surface area contributed by atoms with Crippen molar-refractivity contribution in [2.75, 3.05) is 13.1 Å². The van der Waals surface area contributed by atoms with E-state index < -0.39 is 0 Å². The highest BCUT2D eigenvalue weighted by atomic mass is 16.2. The molecule has 0 aromatic rings. The van der Waals surface area contributed by atoms with E-state index in [0.29, 0.717) is 19.5 Å². The summed E-state index contributed by atoms with van der Waals surface area (Å²) in [6.45, 7) is 2.98. The van der Waals surface area contributed by atoms with Crippen molar-refractivity contribution in [2.24, 2.45) is 0 Å². The summed E-state index contributed by atoms with van der Waals surface area (Å²) in [5.74, 6) is -0.0593. The van der Waals surface area contributed by atoms with Crippen LogP contribution < -0.4 is 5.32 Å². The highest BCUT2D eigenvalue weighted by molar-refractivity contribution is 5.95. The quantitative estimate of drug-likeness (QED) is 0.595. The van der Waals surface area contributed by atoms with E-state index in [-0.39, 0.29) is 11.9 Å². The lowest BCUT2D eigenvalue weighted by atomic mass is 10.4. The Hall–Kier alpha value is -1.06. The minimum Gasteiger partial charge on any atom is -0.338 e. The van der Waals surface area contributed by atoms with Gasteiger partial charge < -0.3 is 5.32 Å². The summed E-state index contributed by atoms with van der Waals surface area (Å²) < 4.78 is 0. The maximum Gasteiger partial charge on any atom is 0.324 e. The second-order valence-corrected chi connectivity index (χ2v) is 2.48. The van der Waals surface area contributed by atoms with Crippen LogP contribution in [0.15, 0.2) is 0 Å². The fourth-order valence-electron chi connectivity index (χ4n) is 1.11. The van der Waals surface area contributed by atoms with E-state index in [4.69, 9.17) is 0 Å². The Morgan fingerprint density at radius 3 is 2.91 bits per heavy atom. The second-order valence-electron chi connectivity index (χ2n) is 2.48. The molecule has 1 aliphatic rings. The van der Waals surface area contributed by atoms with Crippen molar-refractivity contribution in [1.29, 1.82) is 0 Å². The second kappa shape index (κ2) is 3.37. The molecule has 1 aliphatic heterocycles. The first-order chi connectivity index (χ1) is 5.25. The molecule has 11 heavy (non-hydrogen) atoms. The van der Waals surface area contributed by atoms with Gasteiger partial charge in [0.15, 0.2) is 0 Å². The number of urea groups is 1. The van der Waals surface area contributed by atoms with Gasteiger partial charge in [0.05, 0.1) is 0 Å². The van der Waals surface area contributed by atoms with Gasteiger partial charge in [0.1, 0.15) is 0 Å². The Labute approximate surface area is 65.6 Å². The minimum atomic E-state index is -0.255. The number of hydrogen-bond acceptors (Lipinski definition) is 2. The maximum atomic E-state index is 11.0. The molecule has 1 saturated heterocycles. The van der Waals surface area contributed by atoms with Gasteiger partial charge in [-0.15, -0.1) is 0 Å². The van der Waals surface area contributed by atoms with Crippen molar-refractivity contribution < 1.29 is 9.59 Å². The Morgan fingerprint density at radius 2 is 2.45 bits per heavy atom. The molecule has 0 bridgehead atoms. The summed E-state index contributed by atoms with van der Waals surface area (Å²) >= 11 is 0. The Bertz CT molecular complexity index is 179. The lowest BCUT2D eigenvalue weighted by Crippen LogP contribution is -2.40. The summed E-state index contributed by atoms with van der Waals surface area (Å²) in [5, 5.41) is 2.58. The largest absolute Gasteiger partial charge is 0.338 e. The lowest BCUT2D eigenvalue weighted by Gasteiger charge is -2.12. The Balaban J connectivity index is 2.46. The van der Waals surface area contributed by atoms with Crippen LogP contribution in [0.3, 0.4) is 0 Å². The van der Waals surface area contributed by atoms with Crippen LogP contribution in [0.2, 0.25) is 0 Å². The molecule has 1 rings (SSSR count). The molecule has 62 valence electrons. The van der Waals surface area contributed by atoms with Crippen molar-refractivity contribution in [3.8, 4) is 0 Å². The Kier molecular flexibility index (Phi) is 2.46. The van der Waals surface area contributed by atoms with E-state index in [1.54, 1.807) is 0 Å². The third-order valence-electron chi connectivity index (χ3n) is 1.65. The lowest BCUT2D eigenvalue weighted by molar-refractivity contribution is -0.125. The van der Waals surface area contributed by atoms with Gasteiger partial charge in [-0.2, -0.15) is 0 Å². The van der Waals surface area contributed by atoms with Gasteiger partial charge in [-0.3, -0.25) is 9.69 Å². The molecular formula is C7H12N2O2. The molecule has 0 aromatic heterocycles. The topological polar surface area (TPSA) is 49.4 Å². The molecule has 0 radical (unpaired) electrons. The van der Waals surface area contributed by atoms with Crippen LogP contribution in [0.5, 0.6) is 0 Å². The first-order valence-corrected chi connectivity index (χ1v) is 3.84. The molecule has 4 heteroatoms. The van der Waals surface area contributed by atoms with E-state index >= 15 is 0 Å². The van der Waals surface area contributed by atoms with E-state index in [1.807, 2.05) is 6.92 Å². The predicted octanol–water partition coefficient (Wildman–Crippen LogP) is 0.338. The average Bonchev–Trinajstić information content (AvgIpc) is 2.36. The highest BCUT2D eigenvalue weighted by Gasteiger charge is 2.25. The van der Waals surface area contributed by atoms with Crippen molar-refractivity contribution in [3.05, 3.63) is 0 Å². The highest BCUT2D eigenvalue weighted by Crippen LogP contribution is 2.08. The Morgan fingerprint density at radius 1 is 1.73 bits per heavy atom. The summed E-state index contributed by atoms with van der Waals surface area (Å²) in [6, 6.07) is -0.255. The molecule has 4 nitrogen and oxygen atoms in total. The zero-order valence-corrected chi connectivity index (χ0v) is 6.59. The molecule has 1 heterocycles. The van der Waals surface area contributed by atoms with Crippen LogP contribution in [-0.2, 0) is 4.79 Å². The van der Waals surface area contributed by atoms with Crippen LogP contribution >= 0.6 is 0 Å². The molecular weight excluding hydrogens is 144 g/mol. The number of carbonyl (C=O) groups is 2. The summed E-state index contributed by atoms with van der Waals surface area (Å²) in [7, 11) is 0. The number of imide groups is 1. The van der Waals surface area contributed by atoms with Crippen LogP contribution in [0.4, 0.5) is 4.79 Å². The van der Waals surface area contributed by atoms with E-state index in [1.165, 1.54) is 4.90 Å². The first kappa shape index (κ1) is 8.04. The monoisotopic (exact) mass is 156 g/mol. The molecule has 0 spiro atoms. The van der Waals surface area contributed by atoms with Gasteiger partial charge in [0.25, 0.3) is 0 Å². The SMILES string of the molecule is CCNC(=O)N1CCCC1=O. The van der Waals surface area contributed by atoms with Crippen LogP contribution in [-0.4, -0.2) is 29.9 Å². The van der Waals surface area contributed by atoms with Crippen molar-refractivity contribution in [1.82, 2.24) is 10.2 Å². The number of amides is 3. The van der Waals surface area contributed by atoms with E-state index in [2.05, 4.69) is 5.32 Å². The molecule has 1 N–H and O–H groups in total. The van der Waals surface area contributed by atoms with Gasteiger partial charge in [-0.1, -0.05) is 0 Å². The fourth-order valence-corrected chi connectivity index (χ4v) is 1.11. The summed E-state index contributed by atoms with van der Waals surface area (Å²) in [4.78, 5) is 23.3. The smallest absolute Gasteiger partial charge is 0.324 e. The third-order valence-corrected chi connectivity index (χ3v) is 1.65. The van der Waals surface area contributed by atoms with Gasteiger partial charge in [-0.25, -0.2) is 4.79 Å². The van der Waals surface area contributed by atoms with Gasteiger partial charge in [0, 0.05) is 19.5 Å². The predicted molar refractivity (Wildman–Crippen MR) is 40.0 cm³/mol. The molecule has 0 aliphatic carbocycles. The van der Waals surface area contributed by atoms with E-state index in [0.717, 1.165) is 6.42 Å². The number of nitrogens with one attached hydrogen (secondary N) is 1. The molecule has 3 amide bonds. The van der Waals surface area contributed by atoms with Gasteiger partial charge >= 0.3 is 6.03 Å². The van der Waals surface area contributed by atoms with Gasteiger partial charge in [-0.05, 0) is 13.3 Å². The minimum absolute atomic E-state index is 0.0593. The molecule has 0 aromatic carbocycles. The summed E-state index contributed by atoms with van der Waals surface area (Å²) in [5.41, 5.74) is 0. The van der Waals surface area contributed by atoms with Crippen molar-refractivity contribution in [3.63, 3.8) is 0 Å².